The zero-order valence-electron chi connectivity index (χ0n) is 13.4. The van der Waals surface area contributed by atoms with E-state index in [0.717, 1.165) is 32.4 Å². The number of nitrogens with zero attached hydrogens (tertiary/aromatic N) is 2. The Kier molecular flexibility index (Phi) is 4.06. The van der Waals surface area contributed by atoms with Crippen LogP contribution in [0.1, 0.15) is 5.56 Å². The van der Waals surface area contributed by atoms with Crippen LogP contribution >= 0.6 is 15.9 Å². The smallest absolute Gasteiger partial charge is 0.123 e. The SMILES string of the molecule is N#Cc1ccn2c(-c3ccc(F)cc3)c(-c3ccc(F)cc3)c(Br)c2c1. The standard InChI is InChI=1S/C21H11BrF2N2/c22-20-18-11-13(12-25)9-10-26(18)21(15-3-7-17(24)8-4-15)19(20)14-1-5-16(23)6-2-14/h1-11H. The maximum atomic E-state index is 13.4. The molecule has 0 atom stereocenters. The second kappa shape index (κ2) is 6.40. The molecule has 0 aliphatic carbocycles. The molecule has 0 saturated heterocycles. The summed E-state index contributed by atoms with van der Waals surface area (Å²) < 4.78 is 29.5. The van der Waals surface area contributed by atoms with E-state index in [9.17, 15) is 14.0 Å². The first-order valence-electron chi connectivity index (χ1n) is 7.84. The molecule has 0 spiro atoms. The highest BCUT2D eigenvalue weighted by molar-refractivity contribution is 9.10. The first-order valence-corrected chi connectivity index (χ1v) is 8.63. The molecule has 5 heteroatoms. The largest absolute Gasteiger partial charge is 0.315 e. The van der Waals surface area contributed by atoms with Gasteiger partial charge in [-0.1, -0.05) is 12.1 Å². The lowest BCUT2D eigenvalue weighted by Crippen LogP contribution is -1.90. The summed E-state index contributed by atoms with van der Waals surface area (Å²) in [5.41, 5.74) is 4.67. The average molecular weight is 409 g/mol. The van der Waals surface area contributed by atoms with Crippen LogP contribution in [-0.2, 0) is 0 Å². The van der Waals surface area contributed by atoms with E-state index in [1.807, 2.05) is 10.6 Å². The van der Waals surface area contributed by atoms with Crippen molar-refractivity contribution in [2.24, 2.45) is 0 Å². The Balaban J connectivity index is 2.09. The molecule has 2 aromatic heterocycles. The van der Waals surface area contributed by atoms with Gasteiger partial charge in [-0.2, -0.15) is 5.26 Å². The molecule has 4 rings (SSSR count). The van der Waals surface area contributed by atoms with Crippen molar-refractivity contribution in [3.05, 3.63) is 88.5 Å². The lowest BCUT2D eigenvalue weighted by Gasteiger charge is -2.08. The zero-order valence-corrected chi connectivity index (χ0v) is 15.0. The second-order valence-electron chi connectivity index (χ2n) is 5.83. The molecule has 0 N–H and O–H groups in total. The number of rotatable bonds is 2. The van der Waals surface area contributed by atoms with E-state index in [0.29, 0.717) is 5.56 Å². The number of aromatic nitrogens is 1. The monoisotopic (exact) mass is 408 g/mol. The Hall–Kier alpha value is -2.97. The van der Waals surface area contributed by atoms with Gasteiger partial charge in [-0.15, -0.1) is 0 Å². The molecule has 0 fully saturated rings. The number of nitriles is 1. The molecule has 2 nitrogen and oxygen atoms in total. The van der Waals surface area contributed by atoms with Crippen LogP contribution in [-0.4, -0.2) is 4.40 Å². The molecule has 0 radical (unpaired) electrons. The maximum absolute atomic E-state index is 13.4. The van der Waals surface area contributed by atoms with Crippen molar-refractivity contribution in [1.82, 2.24) is 4.40 Å². The Morgan fingerprint density at radius 1 is 0.846 bits per heavy atom. The summed E-state index contributed by atoms with van der Waals surface area (Å²) in [5, 5.41) is 9.20. The van der Waals surface area contributed by atoms with E-state index in [4.69, 9.17) is 0 Å². The van der Waals surface area contributed by atoms with Crippen molar-refractivity contribution in [3.63, 3.8) is 0 Å². The lowest BCUT2D eigenvalue weighted by molar-refractivity contribution is 0.627. The van der Waals surface area contributed by atoms with Gasteiger partial charge in [0.05, 0.1) is 27.3 Å². The fourth-order valence-corrected chi connectivity index (χ4v) is 3.78. The van der Waals surface area contributed by atoms with Gasteiger partial charge in [0.2, 0.25) is 0 Å². The minimum absolute atomic E-state index is 0.316. The van der Waals surface area contributed by atoms with Crippen LogP contribution in [0.5, 0.6) is 0 Å². The molecule has 0 bridgehead atoms. The third-order valence-electron chi connectivity index (χ3n) is 4.26. The van der Waals surface area contributed by atoms with Crippen LogP contribution in [0.2, 0.25) is 0 Å². The van der Waals surface area contributed by atoms with Gasteiger partial charge < -0.3 is 4.40 Å². The van der Waals surface area contributed by atoms with E-state index in [1.54, 1.807) is 36.4 Å². The molecular formula is C21H11BrF2N2. The fourth-order valence-electron chi connectivity index (χ4n) is 3.06. The van der Waals surface area contributed by atoms with Crippen LogP contribution in [0.25, 0.3) is 27.9 Å². The summed E-state index contributed by atoms with van der Waals surface area (Å²) in [6, 6.07) is 18.1. The van der Waals surface area contributed by atoms with Crippen LogP contribution in [0.15, 0.2) is 71.3 Å². The predicted molar refractivity (Wildman–Crippen MR) is 101 cm³/mol. The van der Waals surface area contributed by atoms with Gasteiger partial charge >= 0.3 is 0 Å². The summed E-state index contributed by atoms with van der Waals surface area (Å²) >= 11 is 3.63. The van der Waals surface area contributed by atoms with Crippen molar-refractivity contribution in [1.29, 1.82) is 5.26 Å². The third kappa shape index (κ3) is 2.69. The molecule has 2 aromatic carbocycles. The zero-order chi connectivity index (χ0) is 18.3. The minimum atomic E-state index is -0.316. The summed E-state index contributed by atoms with van der Waals surface area (Å²) in [7, 11) is 0. The van der Waals surface area contributed by atoms with E-state index in [2.05, 4.69) is 22.0 Å². The van der Waals surface area contributed by atoms with Gasteiger partial charge in [-0.25, -0.2) is 8.78 Å². The Labute approximate surface area is 157 Å². The quantitative estimate of drug-likeness (QED) is 0.388. The van der Waals surface area contributed by atoms with Crippen LogP contribution < -0.4 is 0 Å². The van der Waals surface area contributed by atoms with Gasteiger partial charge in [-0.3, -0.25) is 0 Å². The number of pyridine rings is 1. The van der Waals surface area contributed by atoms with Crippen molar-refractivity contribution in [3.8, 4) is 28.5 Å². The maximum Gasteiger partial charge on any atom is 0.123 e. The Morgan fingerprint density at radius 3 is 2.00 bits per heavy atom. The lowest BCUT2D eigenvalue weighted by atomic mass is 10.0. The van der Waals surface area contributed by atoms with E-state index >= 15 is 0 Å². The Morgan fingerprint density at radius 2 is 1.42 bits per heavy atom. The molecule has 4 aromatic rings. The molecule has 26 heavy (non-hydrogen) atoms. The molecular weight excluding hydrogens is 398 g/mol. The Bertz CT molecular complexity index is 1150. The number of hydrogen-bond acceptors (Lipinski definition) is 1. The summed E-state index contributed by atoms with van der Waals surface area (Å²) in [6.45, 7) is 0. The number of halogens is 3. The van der Waals surface area contributed by atoms with Crippen LogP contribution in [0.4, 0.5) is 8.78 Å². The summed E-state index contributed by atoms with van der Waals surface area (Å²) in [6.07, 6.45) is 1.81. The minimum Gasteiger partial charge on any atom is -0.315 e. The summed E-state index contributed by atoms with van der Waals surface area (Å²) in [4.78, 5) is 0. The number of fused-ring (bicyclic) bond motifs is 1. The van der Waals surface area contributed by atoms with Crippen molar-refractivity contribution in [2.45, 2.75) is 0 Å². The van der Waals surface area contributed by atoms with Crippen molar-refractivity contribution < 1.29 is 8.78 Å². The molecule has 0 amide bonds. The van der Waals surface area contributed by atoms with Gasteiger partial charge in [-0.05, 0) is 75.6 Å². The first-order chi connectivity index (χ1) is 12.6. The fraction of sp³-hybridized carbons (Fsp3) is 0. The van der Waals surface area contributed by atoms with Gasteiger partial charge in [0, 0.05) is 11.8 Å². The highest BCUT2D eigenvalue weighted by Crippen LogP contribution is 2.42. The van der Waals surface area contributed by atoms with E-state index in [1.165, 1.54) is 24.3 Å². The molecule has 0 aliphatic heterocycles. The normalized spacial score (nSPS) is 10.8. The summed E-state index contributed by atoms with van der Waals surface area (Å²) in [5.74, 6) is -0.632. The highest BCUT2D eigenvalue weighted by Gasteiger charge is 2.20. The van der Waals surface area contributed by atoms with Crippen molar-refractivity contribution in [2.75, 3.05) is 0 Å². The first kappa shape index (κ1) is 16.5. The highest BCUT2D eigenvalue weighted by atomic mass is 79.9. The average Bonchev–Trinajstić information content (AvgIpc) is 2.95. The number of hydrogen-bond donors (Lipinski definition) is 0. The van der Waals surface area contributed by atoms with Crippen LogP contribution in [0, 0.1) is 23.0 Å². The predicted octanol–water partition coefficient (Wildman–Crippen LogP) is 6.19. The second-order valence-corrected chi connectivity index (χ2v) is 6.63. The van der Waals surface area contributed by atoms with Crippen LogP contribution in [0.3, 0.4) is 0 Å². The van der Waals surface area contributed by atoms with E-state index < -0.39 is 0 Å². The van der Waals surface area contributed by atoms with Gasteiger partial charge in [0.25, 0.3) is 0 Å². The van der Waals surface area contributed by atoms with Crippen molar-refractivity contribution >= 4 is 21.4 Å². The molecule has 0 unspecified atom stereocenters. The molecule has 126 valence electrons. The number of benzene rings is 2. The van der Waals surface area contributed by atoms with Gasteiger partial charge in [0.15, 0.2) is 0 Å². The molecule has 0 aliphatic rings. The van der Waals surface area contributed by atoms with E-state index in [-0.39, 0.29) is 11.6 Å². The third-order valence-corrected chi connectivity index (χ3v) is 5.06. The topological polar surface area (TPSA) is 28.2 Å². The van der Waals surface area contributed by atoms with Gasteiger partial charge in [0.1, 0.15) is 11.6 Å². The molecule has 2 heterocycles. The molecule has 0 saturated carbocycles.